The number of anilines is 1. The molecule has 1 atom stereocenters. The van der Waals surface area contributed by atoms with Crippen molar-refractivity contribution < 1.29 is 14.4 Å². The van der Waals surface area contributed by atoms with E-state index in [1.807, 2.05) is 56.3 Å². The topological polar surface area (TPSA) is 71.4 Å². The zero-order valence-electron chi connectivity index (χ0n) is 19.6. The maximum absolute atomic E-state index is 14.2. The van der Waals surface area contributed by atoms with Crippen molar-refractivity contribution >= 4 is 45.9 Å². The van der Waals surface area contributed by atoms with E-state index in [4.69, 9.17) is 11.6 Å². The molecular formula is C28H24ClN3O3. The van der Waals surface area contributed by atoms with Gasteiger partial charge in [-0.2, -0.15) is 0 Å². The molecule has 2 heterocycles. The number of halogens is 1. The Hall–Kier alpha value is -3.90. The van der Waals surface area contributed by atoms with Gasteiger partial charge in [-0.1, -0.05) is 54.1 Å². The first kappa shape index (κ1) is 22.9. The summed E-state index contributed by atoms with van der Waals surface area (Å²) in [6.45, 7) is 5.56. The second-order valence-electron chi connectivity index (χ2n) is 8.97. The first-order chi connectivity index (χ1) is 16.7. The number of carbonyl (C=O) groups excluding carboxylic acids is 3. The predicted molar refractivity (Wildman–Crippen MR) is 137 cm³/mol. The highest BCUT2D eigenvalue weighted by Gasteiger charge is 2.55. The summed E-state index contributed by atoms with van der Waals surface area (Å²) in [4.78, 5) is 43.3. The number of aromatic nitrogens is 1. The number of amides is 2. The minimum absolute atomic E-state index is 0.196. The molecule has 2 amide bonds. The summed E-state index contributed by atoms with van der Waals surface area (Å²) in [5.41, 5.74) is 2.10. The maximum atomic E-state index is 14.2. The molecule has 6 nitrogen and oxygen atoms in total. The van der Waals surface area contributed by atoms with Crippen LogP contribution in [0.3, 0.4) is 0 Å². The number of aryl methyl sites for hydroxylation is 1. The van der Waals surface area contributed by atoms with Crippen LogP contribution in [0.1, 0.15) is 38.9 Å². The van der Waals surface area contributed by atoms with E-state index in [0.29, 0.717) is 21.6 Å². The summed E-state index contributed by atoms with van der Waals surface area (Å²) in [5.74, 6) is -1.49. The van der Waals surface area contributed by atoms with Gasteiger partial charge in [0.05, 0.1) is 5.52 Å². The Bertz CT molecular complexity index is 1510. The average Bonchev–Trinajstić information content (AvgIpc) is 3.23. The van der Waals surface area contributed by atoms with Crippen LogP contribution in [-0.2, 0) is 11.3 Å². The van der Waals surface area contributed by atoms with E-state index in [-0.39, 0.29) is 12.2 Å². The molecule has 0 fully saturated rings. The van der Waals surface area contributed by atoms with Gasteiger partial charge in [0.15, 0.2) is 0 Å². The Morgan fingerprint density at radius 1 is 0.971 bits per heavy atom. The molecule has 1 N–H and O–H groups in total. The van der Waals surface area contributed by atoms with Gasteiger partial charge in [-0.05, 0) is 67.8 Å². The third kappa shape index (κ3) is 3.53. The van der Waals surface area contributed by atoms with Gasteiger partial charge in [0.1, 0.15) is 5.69 Å². The molecule has 176 valence electrons. The maximum Gasteiger partial charge on any atom is 0.276 e. The van der Waals surface area contributed by atoms with Crippen LogP contribution in [0.15, 0.2) is 72.8 Å². The number of fused-ring (bicyclic) bond motifs is 3. The van der Waals surface area contributed by atoms with E-state index in [2.05, 4.69) is 5.32 Å². The van der Waals surface area contributed by atoms with Gasteiger partial charge in [0.2, 0.25) is 5.54 Å². The van der Waals surface area contributed by atoms with Gasteiger partial charge in [0, 0.05) is 22.6 Å². The first-order valence-electron chi connectivity index (χ1n) is 11.3. The van der Waals surface area contributed by atoms with Gasteiger partial charge in [-0.25, -0.2) is 0 Å². The minimum atomic E-state index is -1.82. The fourth-order valence-corrected chi connectivity index (χ4v) is 4.85. The molecule has 0 saturated carbocycles. The fraction of sp³-hybridized carbons (Fsp3) is 0.179. The van der Waals surface area contributed by atoms with Crippen LogP contribution in [0.5, 0.6) is 0 Å². The summed E-state index contributed by atoms with van der Waals surface area (Å²) in [6, 6.07) is 21.7. The van der Waals surface area contributed by atoms with Gasteiger partial charge in [-0.3, -0.25) is 23.9 Å². The summed E-state index contributed by atoms with van der Waals surface area (Å²) < 4.78 is 1.34. The normalized spacial score (nSPS) is 17.5. The zero-order chi connectivity index (χ0) is 24.9. The Balaban J connectivity index is 1.69. The number of hydrogen-bond donors (Lipinski definition) is 1. The lowest BCUT2D eigenvalue weighted by molar-refractivity contribution is -0.124. The van der Waals surface area contributed by atoms with Crippen LogP contribution in [0, 0.1) is 13.8 Å². The molecule has 1 aliphatic rings. The van der Waals surface area contributed by atoms with Gasteiger partial charge in [-0.15, -0.1) is 0 Å². The van der Waals surface area contributed by atoms with E-state index < -0.39 is 23.3 Å². The number of carbonyl (C=O) groups is 3. The lowest BCUT2D eigenvalue weighted by atomic mass is 9.91. The van der Waals surface area contributed by atoms with Crippen LogP contribution in [0.4, 0.5) is 5.69 Å². The van der Waals surface area contributed by atoms with Crippen molar-refractivity contribution in [2.75, 3.05) is 4.90 Å². The van der Waals surface area contributed by atoms with Crippen LogP contribution >= 0.6 is 11.6 Å². The monoisotopic (exact) mass is 485 g/mol. The van der Waals surface area contributed by atoms with Crippen LogP contribution < -0.4 is 10.2 Å². The Kier molecular flexibility index (Phi) is 5.49. The number of nitrogens with zero attached hydrogens (tertiary/aromatic N) is 2. The van der Waals surface area contributed by atoms with Gasteiger partial charge < -0.3 is 5.32 Å². The Morgan fingerprint density at radius 2 is 1.71 bits per heavy atom. The Labute approximate surface area is 208 Å². The smallest absolute Gasteiger partial charge is 0.276 e. The second kappa shape index (κ2) is 8.40. The molecule has 5 rings (SSSR count). The Morgan fingerprint density at radius 3 is 2.46 bits per heavy atom. The average molecular weight is 486 g/mol. The van der Waals surface area contributed by atoms with Crippen LogP contribution in [0.2, 0.25) is 5.02 Å². The van der Waals surface area contributed by atoms with Crippen molar-refractivity contribution in [1.29, 1.82) is 0 Å². The molecule has 0 spiro atoms. The lowest BCUT2D eigenvalue weighted by Crippen LogP contribution is -2.68. The highest BCUT2D eigenvalue weighted by Crippen LogP contribution is 2.38. The van der Waals surface area contributed by atoms with E-state index >= 15 is 0 Å². The SMILES string of the molecule is Cc1cccc(N2C(=O)c3cc4cc(Cl)ccc4n3C(=O)[C@@]2(C)C(=O)NCc2ccccc2)c1C. The summed E-state index contributed by atoms with van der Waals surface area (Å²) in [6.07, 6.45) is 0. The van der Waals surface area contributed by atoms with Gasteiger partial charge >= 0.3 is 0 Å². The molecule has 3 aromatic carbocycles. The molecule has 0 bridgehead atoms. The van der Waals surface area contributed by atoms with Crippen molar-refractivity contribution in [1.82, 2.24) is 9.88 Å². The second-order valence-corrected chi connectivity index (χ2v) is 9.41. The van der Waals surface area contributed by atoms with E-state index in [1.54, 1.807) is 30.3 Å². The molecule has 0 radical (unpaired) electrons. The highest BCUT2D eigenvalue weighted by atomic mass is 35.5. The van der Waals surface area contributed by atoms with E-state index in [0.717, 1.165) is 16.7 Å². The zero-order valence-corrected chi connectivity index (χ0v) is 20.4. The first-order valence-corrected chi connectivity index (χ1v) is 11.7. The number of rotatable bonds is 4. The molecule has 1 aromatic heterocycles. The lowest BCUT2D eigenvalue weighted by Gasteiger charge is -2.42. The van der Waals surface area contributed by atoms with E-state index in [1.165, 1.54) is 16.4 Å². The molecule has 35 heavy (non-hydrogen) atoms. The van der Waals surface area contributed by atoms with Crippen molar-refractivity contribution in [3.63, 3.8) is 0 Å². The number of hydrogen-bond acceptors (Lipinski definition) is 3. The summed E-state index contributed by atoms with van der Waals surface area (Å²) in [5, 5.41) is 4.04. The van der Waals surface area contributed by atoms with Gasteiger partial charge in [0.25, 0.3) is 17.7 Å². The quantitative estimate of drug-likeness (QED) is 0.399. The summed E-state index contributed by atoms with van der Waals surface area (Å²) >= 11 is 6.17. The number of nitrogens with one attached hydrogen (secondary N) is 1. The largest absolute Gasteiger partial charge is 0.350 e. The van der Waals surface area contributed by atoms with Crippen LogP contribution in [0.25, 0.3) is 10.9 Å². The molecule has 0 unspecified atom stereocenters. The summed E-state index contributed by atoms with van der Waals surface area (Å²) in [7, 11) is 0. The van der Waals surface area contributed by atoms with Crippen molar-refractivity contribution in [2.24, 2.45) is 0 Å². The third-order valence-corrected chi connectivity index (χ3v) is 7.04. The van der Waals surface area contributed by atoms with Crippen molar-refractivity contribution in [2.45, 2.75) is 32.9 Å². The van der Waals surface area contributed by atoms with E-state index in [9.17, 15) is 14.4 Å². The third-order valence-electron chi connectivity index (χ3n) is 6.81. The highest BCUT2D eigenvalue weighted by molar-refractivity contribution is 6.32. The molecule has 0 aliphatic carbocycles. The van der Waals surface area contributed by atoms with Crippen molar-refractivity contribution in [3.05, 3.63) is 100 Å². The minimum Gasteiger partial charge on any atom is -0.350 e. The number of benzene rings is 3. The van der Waals surface area contributed by atoms with Crippen LogP contribution in [-0.4, -0.2) is 27.8 Å². The molecule has 4 aromatic rings. The molecule has 1 aliphatic heterocycles. The predicted octanol–water partition coefficient (Wildman–Crippen LogP) is 5.29. The molecule has 7 heteroatoms. The molecule has 0 saturated heterocycles. The fourth-order valence-electron chi connectivity index (χ4n) is 4.67. The van der Waals surface area contributed by atoms with Crippen molar-refractivity contribution in [3.8, 4) is 0 Å². The molecular weight excluding hydrogens is 462 g/mol. The standard InChI is InChI=1S/C28H24ClN3O3/c1-17-8-7-11-22(18(17)2)32-25(33)24-15-20-14-21(29)12-13-23(20)31(24)27(35)28(32,3)26(34)30-16-19-9-5-4-6-10-19/h4-15H,16H2,1-3H3,(H,30,34)/t28-/m1/s1.